The summed E-state index contributed by atoms with van der Waals surface area (Å²) >= 11 is 0. The summed E-state index contributed by atoms with van der Waals surface area (Å²) in [5.74, 6) is 0.180. The summed E-state index contributed by atoms with van der Waals surface area (Å²) in [6, 6.07) is 23.4. The molecule has 0 radical (unpaired) electrons. The molecule has 36 heavy (non-hydrogen) atoms. The highest BCUT2D eigenvalue weighted by Gasteiger charge is 2.12. The fourth-order valence-corrected chi connectivity index (χ4v) is 3.20. The first-order chi connectivity index (χ1) is 17.5. The van der Waals surface area contributed by atoms with Crippen molar-refractivity contribution < 1.29 is 23.8 Å². The van der Waals surface area contributed by atoms with Crippen LogP contribution in [0.15, 0.2) is 84.4 Å². The average Bonchev–Trinajstić information content (AvgIpc) is 2.91. The van der Waals surface area contributed by atoms with Gasteiger partial charge in [0.05, 0.1) is 13.7 Å². The van der Waals surface area contributed by atoms with Gasteiger partial charge in [0.2, 0.25) is 0 Å². The van der Waals surface area contributed by atoms with Crippen molar-refractivity contribution in [3.8, 4) is 23.3 Å². The number of hydrogen-bond donors (Lipinski definition) is 1. The third kappa shape index (κ3) is 7.61. The standard InChI is InChI=1S/C29H26N2O5/c1-3-35-25-13-9-21(10-14-25)12-16-28(32)36-26-15-11-23(18-27(26)34-2)17-24(19-30)29(33)31-20-22-7-5-4-6-8-22/h4-18H,3,20H2,1-2H3,(H,31,33)/b16-12+,24-17+. The lowest BCUT2D eigenvalue weighted by Crippen LogP contribution is -2.23. The van der Waals surface area contributed by atoms with Crippen molar-refractivity contribution >= 4 is 24.0 Å². The van der Waals surface area contributed by atoms with Crippen LogP contribution in [0, 0.1) is 11.3 Å². The van der Waals surface area contributed by atoms with Gasteiger partial charge in [0.1, 0.15) is 17.4 Å². The Hall–Kier alpha value is -4.83. The van der Waals surface area contributed by atoms with Gasteiger partial charge in [-0.1, -0.05) is 48.5 Å². The van der Waals surface area contributed by atoms with E-state index in [1.807, 2.05) is 67.6 Å². The van der Waals surface area contributed by atoms with Crippen LogP contribution in [-0.2, 0) is 16.1 Å². The lowest BCUT2D eigenvalue weighted by atomic mass is 10.1. The largest absolute Gasteiger partial charge is 0.494 e. The van der Waals surface area contributed by atoms with E-state index in [-0.39, 0.29) is 17.1 Å². The Bertz CT molecular complexity index is 1290. The smallest absolute Gasteiger partial charge is 0.336 e. The van der Waals surface area contributed by atoms with E-state index >= 15 is 0 Å². The van der Waals surface area contributed by atoms with Crippen LogP contribution in [0.5, 0.6) is 17.2 Å². The Labute approximate surface area is 210 Å². The zero-order valence-corrected chi connectivity index (χ0v) is 20.1. The lowest BCUT2D eigenvalue weighted by molar-refractivity contribution is -0.129. The molecule has 0 aliphatic rings. The molecule has 3 aromatic rings. The Balaban J connectivity index is 1.65. The van der Waals surface area contributed by atoms with Crippen molar-refractivity contribution in [3.05, 3.63) is 101 Å². The number of benzene rings is 3. The molecule has 0 heterocycles. The van der Waals surface area contributed by atoms with Gasteiger partial charge in [-0.15, -0.1) is 0 Å². The zero-order valence-electron chi connectivity index (χ0n) is 20.1. The molecule has 7 heteroatoms. The van der Waals surface area contributed by atoms with E-state index < -0.39 is 11.9 Å². The molecule has 0 bridgehead atoms. The van der Waals surface area contributed by atoms with Crippen molar-refractivity contribution in [3.63, 3.8) is 0 Å². The third-order valence-electron chi connectivity index (χ3n) is 4.97. The number of ether oxygens (including phenoxy) is 3. The predicted octanol–water partition coefficient (Wildman–Crippen LogP) is 4.94. The first-order valence-electron chi connectivity index (χ1n) is 11.3. The molecule has 0 aliphatic heterocycles. The number of carbonyl (C=O) groups excluding carboxylic acids is 2. The number of esters is 1. The molecule has 0 spiro atoms. The maximum absolute atomic E-state index is 12.4. The van der Waals surface area contributed by atoms with Gasteiger partial charge in [0.15, 0.2) is 11.5 Å². The van der Waals surface area contributed by atoms with Gasteiger partial charge in [-0.3, -0.25) is 4.79 Å². The summed E-state index contributed by atoms with van der Waals surface area (Å²) in [5.41, 5.74) is 2.23. The Kier molecular flexibility index (Phi) is 9.43. The molecule has 0 fully saturated rings. The Morgan fingerprint density at radius 2 is 1.69 bits per heavy atom. The number of amides is 1. The first-order valence-corrected chi connectivity index (χ1v) is 11.3. The molecule has 3 rings (SSSR count). The molecule has 0 saturated heterocycles. The summed E-state index contributed by atoms with van der Waals surface area (Å²) in [5, 5.41) is 12.2. The quantitative estimate of drug-likeness (QED) is 0.190. The fraction of sp³-hybridized carbons (Fsp3) is 0.138. The molecule has 182 valence electrons. The van der Waals surface area contributed by atoms with E-state index in [1.54, 1.807) is 24.3 Å². The first kappa shape index (κ1) is 25.8. The van der Waals surface area contributed by atoms with Crippen LogP contribution >= 0.6 is 0 Å². The van der Waals surface area contributed by atoms with Gasteiger partial charge in [0, 0.05) is 12.6 Å². The Morgan fingerprint density at radius 3 is 2.36 bits per heavy atom. The van der Waals surface area contributed by atoms with E-state index in [0.717, 1.165) is 16.9 Å². The van der Waals surface area contributed by atoms with Crippen molar-refractivity contribution in [2.24, 2.45) is 0 Å². The molecule has 1 N–H and O–H groups in total. The molecule has 0 unspecified atom stereocenters. The van der Waals surface area contributed by atoms with Gasteiger partial charge in [0.25, 0.3) is 5.91 Å². The average molecular weight is 483 g/mol. The second kappa shape index (κ2) is 13.2. The second-order valence-electron chi connectivity index (χ2n) is 7.50. The number of hydrogen-bond acceptors (Lipinski definition) is 6. The third-order valence-corrected chi connectivity index (χ3v) is 4.97. The maximum atomic E-state index is 12.4. The molecular formula is C29H26N2O5. The van der Waals surface area contributed by atoms with Crippen LogP contribution in [0.2, 0.25) is 0 Å². The minimum absolute atomic E-state index is 0.0592. The molecule has 0 saturated carbocycles. The number of nitrogens with one attached hydrogen (secondary N) is 1. The summed E-state index contributed by atoms with van der Waals surface area (Å²) in [6.45, 7) is 2.80. The summed E-state index contributed by atoms with van der Waals surface area (Å²) in [7, 11) is 1.44. The predicted molar refractivity (Wildman–Crippen MR) is 137 cm³/mol. The molecule has 7 nitrogen and oxygen atoms in total. The SMILES string of the molecule is CCOc1ccc(/C=C/C(=O)Oc2ccc(/C=C(\C#N)C(=O)NCc3ccccc3)cc2OC)cc1. The van der Waals surface area contributed by atoms with E-state index in [2.05, 4.69) is 5.32 Å². The van der Waals surface area contributed by atoms with Crippen molar-refractivity contribution in [1.82, 2.24) is 5.32 Å². The van der Waals surface area contributed by atoms with Gasteiger partial charge < -0.3 is 19.5 Å². The van der Waals surface area contributed by atoms with E-state index in [1.165, 1.54) is 19.3 Å². The monoisotopic (exact) mass is 482 g/mol. The van der Waals surface area contributed by atoms with Gasteiger partial charge >= 0.3 is 5.97 Å². The normalized spacial score (nSPS) is 11.0. The van der Waals surface area contributed by atoms with Crippen LogP contribution in [-0.4, -0.2) is 25.6 Å². The maximum Gasteiger partial charge on any atom is 0.336 e. The molecule has 3 aromatic carbocycles. The number of nitrogens with zero attached hydrogens (tertiary/aromatic N) is 1. The highest BCUT2D eigenvalue weighted by Crippen LogP contribution is 2.29. The minimum Gasteiger partial charge on any atom is -0.494 e. The van der Waals surface area contributed by atoms with Gasteiger partial charge in [-0.05, 0) is 60.0 Å². The van der Waals surface area contributed by atoms with Crippen LogP contribution in [0.1, 0.15) is 23.6 Å². The van der Waals surface area contributed by atoms with Gasteiger partial charge in [-0.2, -0.15) is 5.26 Å². The summed E-state index contributed by atoms with van der Waals surface area (Å²) in [6.07, 6.45) is 4.39. The molecule has 0 aliphatic carbocycles. The number of carbonyl (C=O) groups is 2. The van der Waals surface area contributed by atoms with E-state index in [4.69, 9.17) is 14.2 Å². The van der Waals surface area contributed by atoms with Crippen molar-refractivity contribution in [1.29, 1.82) is 5.26 Å². The highest BCUT2D eigenvalue weighted by molar-refractivity contribution is 6.01. The van der Waals surface area contributed by atoms with Crippen LogP contribution < -0.4 is 19.5 Å². The summed E-state index contributed by atoms with van der Waals surface area (Å²) < 4.78 is 16.1. The number of rotatable bonds is 10. The van der Waals surface area contributed by atoms with Crippen LogP contribution in [0.3, 0.4) is 0 Å². The second-order valence-corrected chi connectivity index (χ2v) is 7.50. The Morgan fingerprint density at radius 1 is 0.972 bits per heavy atom. The number of nitriles is 1. The lowest BCUT2D eigenvalue weighted by Gasteiger charge is -2.09. The van der Waals surface area contributed by atoms with Crippen LogP contribution in [0.25, 0.3) is 12.2 Å². The van der Waals surface area contributed by atoms with E-state index in [0.29, 0.717) is 18.7 Å². The van der Waals surface area contributed by atoms with Gasteiger partial charge in [-0.25, -0.2) is 4.79 Å². The van der Waals surface area contributed by atoms with Crippen LogP contribution in [0.4, 0.5) is 0 Å². The topological polar surface area (TPSA) is 97.7 Å². The zero-order chi connectivity index (χ0) is 25.8. The van der Waals surface area contributed by atoms with Crippen molar-refractivity contribution in [2.75, 3.05) is 13.7 Å². The molecule has 0 atom stereocenters. The molecule has 0 aromatic heterocycles. The molecular weight excluding hydrogens is 456 g/mol. The number of methoxy groups -OCH3 is 1. The van der Waals surface area contributed by atoms with Crippen molar-refractivity contribution in [2.45, 2.75) is 13.5 Å². The van der Waals surface area contributed by atoms with E-state index in [9.17, 15) is 14.9 Å². The highest BCUT2D eigenvalue weighted by atomic mass is 16.6. The molecule has 1 amide bonds. The fourth-order valence-electron chi connectivity index (χ4n) is 3.20. The summed E-state index contributed by atoms with van der Waals surface area (Å²) in [4.78, 5) is 24.8. The minimum atomic E-state index is -0.580.